The van der Waals surface area contributed by atoms with Crippen molar-refractivity contribution in [2.75, 3.05) is 39.3 Å². The molecule has 0 heterocycles. The number of aryl methyl sites for hydroxylation is 2. The van der Waals surface area contributed by atoms with E-state index in [-0.39, 0.29) is 11.5 Å². The highest BCUT2D eigenvalue weighted by Crippen LogP contribution is 2.16. The summed E-state index contributed by atoms with van der Waals surface area (Å²) in [5, 5.41) is 19.7. The molecule has 0 saturated heterocycles. The minimum absolute atomic E-state index is 0.238. The third kappa shape index (κ3) is 7.13. The van der Waals surface area contributed by atoms with E-state index in [4.69, 9.17) is 5.73 Å². The molecule has 2 aromatic carbocycles. The molecule has 0 amide bonds. The van der Waals surface area contributed by atoms with E-state index in [0.717, 1.165) is 41.9 Å². The van der Waals surface area contributed by atoms with Crippen LogP contribution in [0.5, 0.6) is 11.5 Å². The molecule has 6 heteroatoms. The summed E-state index contributed by atoms with van der Waals surface area (Å²) in [6.07, 6.45) is 3.42. The zero-order valence-corrected chi connectivity index (χ0v) is 16.7. The van der Waals surface area contributed by atoms with E-state index < -0.39 is 0 Å². The zero-order chi connectivity index (χ0) is 20.4. The lowest BCUT2D eigenvalue weighted by Gasteiger charge is -2.19. The van der Waals surface area contributed by atoms with Gasteiger partial charge in [-0.25, -0.2) is 0 Å². The van der Waals surface area contributed by atoms with Gasteiger partial charge in [-0.15, -0.1) is 0 Å². The topological polar surface area (TPSA) is 94.4 Å². The summed E-state index contributed by atoms with van der Waals surface area (Å²) in [5.74, 6) is 0.476. The van der Waals surface area contributed by atoms with Crippen LogP contribution in [-0.4, -0.2) is 66.8 Å². The van der Waals surface area contributed by atoms with Crippen molar-refractivity contribution < 1.29 is 10.2 Å². The average molecular weight is 383 g/mol. The number of hydrogen-bond donors (Lipinski definition) is 3. The van der Waals surface area contributed by atoms with Crippen molar-refractivity contribution in [3.63, 3.8) is 0 Å². The fraction of sp³-hybridized carbons (Fsp3) is 0.364. The molecule has 0 aliphatic heterocycles. The molecule has 0 aliphatic rings. The molecule has 0 radical (unpaired) electrons. The van der Waals surface area contributed by atoms with Crippen LogP contribution in [0.2, 0.25) is 0 Å². The van der Waals surface area contributed by atoms with Crippen molar-refractivity contribution in [3.8, 4) is 11.5 Å². The van der Waals surface area contributed by atoms with Gasteiger partial charge in [-0.2, -0.15) is 0 Å². The number of phenolic OH excluding ortho intramolecular Hbond substituents is 2. The van der Waals surface area contributed by atoms with Gasteiger partial charge in [0.15, 0.2) is 0 Å². The van der Waals surface area contributed by atoms with Crippen LogP contribution in [0.1, 0.15) is 22.3 Å². The van der Waals surface area contributed by atoms with E-state index in [0.29, 0.717) is 19.6 Å². The second kappa shape index (κ2) is 11.2. The van der Waals surface area contributed by atoms with Gasteiger partial charge in [-0.3, -0.25) is 14.9 Å². The fourth-order valence-corrected chi connectivity index (χ4v) is 2.80. The van der Waals surface area contributed by atoms with Crippen LogP contribution in [0.15, 0.2) is 46.4 Å². The molecule has 0 unspecified atom stereocenters. The Balaban J connectivity index is 1.82. The van der Waals surface area contributed by atoms with Crippen molar-refractivity contribution in [1.29, 1.82) is 0 Å². The minimum atomic E-state index is 0.238. The first kappa shape index (κ1) is 21.6. The van der Waals surface area contributed by atoms with Gasteiger partial charge in [-0.05, 0) is 38.1 Å². The van der Waals surface area contributed by atoms with Gasteiger partial charge in [0, 0.05) is 49.7 Å². The Bertz CT molecular complexity index is 753. The van der Waals surface area contributed by atoms with Gasteiger partial charge >= 0.3 is 0 Å². The molecule has 0 saturated carbocycles. The van der Waals surface area contributed by atoms with Crippen molar-refractivity contribution in [3.05, 3.63) is 58.7 Å². The second-order valence-corrected chi connectivity index (χ2v) is 6.83. The van der Waals surface area contributed by atoms with Crippen molar-refractivity contribution in [2.45, 2.75) is 13.8 Å². The summed E-state index contributed by atoms with van der Waals surface area (Å²) in [5.41, 5.74) is 9.34. The summed E-state index contributed by atoms with van der Waals surface area (Å²) in [6, 6.07) is 10.9. The summed E-state index contributed by atoms with van der Waals surface area (Å²) in [6.45, 7) is 8.09. The number of benzene rings is 2. The van der Waals surface area contributed by atoms with E-state index in [9.17, 15) is 10.2 Å². The van der Waals surface area contributed by atoms with E-state index in [1.807, 2.05) is 38.1 Å². The Morgan fingerprint density at radius 1 is 0.821 bits per heavy atom. The molecule has 2 aromatic rings. The number of rotatable bonds is 10. The van der Waals surface area contributed by atoms with Crippen LogP contribution in [-0.2, 0) is 0 Å². The van der Waals surface area contributed by atoms with Crippen LogP contribution in [0.25, 0.3) is 0 Å². The Morgan fingerprint density at radius 2 is 1.29 bits per heavy atom. The maximum Gasteiger partial charge on any atom is 0.124 e. The molecule has 0 atom stereocenters. The predicted molar refractivity (Wildman–Crippen MR) is 116 cm³/mol. The molecule has 0 aromatic heterocycles. The van der Waals surface area contributed by atoms with Crippen LogP contribution in [0, 0.1) is 13.8 Å². The molecular weight excluding hydrogens is 352 g/mol. The van der Waals surface area contributed by atoms with Gasteiger partial charge in [0.1, 0.15) is 11.5 Å². The Kier molecular flexibility index (Phi) is 8.65. The number of aromatic hydroxyl groups is 2. The van der Waals surface area contributed by atoms with Gasteiger partial charge in [-0.1, -0.05) is 23.3 Å². The van der Waals surface area contributed by atoms with Crippen molar-refractivity contribution in [2.24, 2.45) is 15.7 Å². The van der Waals surface area contributed by atoms with Gasteiger partial charge in [0.05, 0.1) is 13.1 Å². The molecule has 0 bridgehead atoms. The Morgan fingerprint density at radius 3 is 1.71 bits per heavy atom. The first-order chi connectivity index (χ1) is 13.5. The second-order valence-electron chi connectivity index (χ2n) is 6.83. The zero-order valence-electron chi connectivity index (χ0n) is 16.7. The number of nitrogens with zero attached hydrogens (tertiary/aromatic N) is 3. The highest BCUT2D eigenvalue weighted by molar-refractivity contribution is 5.84. The monoisotopic (exact) mass is 382 g/mol. The molecule has 0 aliphatic carbocycles. The van der Waals surface area contributed by atoms with Gasteiger partial charge in [0.25, 0.3) is 0 Å². The smallest absolute Gasteiger partial charge is 0.124 e. The van der Waals surface area contributed by atoms with Crippen LogP contribution < -0.4 is 5.73 Å². The lowest BCUT2D eigenvalue weighted by Crippen LogP contribution is -2.33. The number of aliphatic imine (C=N–C) groups is 2. The highest BCUT2D eigenvalue weighted by Gasteiger charge is 2.03. The largest absolute Gasteiger partial charge is 0.507 e. The quantitative estimate of drug-likeness (QED) is 0.550. The van der Waals surface area contributed by atoms with Crippen LogP contribution in [0.4, 0.5) is 0 Å². The van der Waals surface area contributed by atoms with Crippen LogP contribution in [0.3, 0.4) is 0 Å². The molecule has 0 fully saturated rings. The highest BCUT2D eigenvalue weighted by atomic mass is 16.3. The number of phenols is 2. The molecule has 4 N–H and O–H groups in total. The first-order valence-electron chi connectivity index (χ1n) is 9.51. The predicted octanol–water partition coefficient (Wildman–Crippen LogP) is 2.51. The maximum absolute atomic E-state index is 9.85. The maximum atomic E-state index is 9.85. The number of nitrogens with two attached hydrogens (primary N) is 1. The van der Waals surface area contributed by atoms with E-state index >= 15 is 0 Å². The molecular formula is C22H30N4O2. The summed E-state index contributed by atoms with van der Waals surface area (Å²) in [7, 11) is 0. The summed E-state index contributed by atoms with van der Waals surface area (Å²) < 4.78 is 0. The summed E-state index contributed by atoms with van der Waals surface area (Å²) >= 11 is 0. The van der Waals surface area contributed by atoms with E-state index in [1.165, 1.54) is 0 Å². The third-order valence-corrected chi connectivity index (χ3v) is 4.36. The third-order valence-electron chi connectivity index (χ3n) is 4.36. The Labute approximate surface area is 167 Å². The van der Waals surface area contributed by atoms with E-state index in [2.05, 4.69) is 14.9 Å². The van der Waals surface area contributed by atoms with Crippen LogP contribution >= 0.6 is 0 Å². The number of hydrogen-bond acceptors (Lipinski definition) is 6. The van der Waals surface area contributed by atoms with Crippen molar-refractivity contribution >= 4 is 12.4 Å². The molecule has 150 valence electrons. The van der Waals surface area contributed by atoms with Crippen molar-refractivity contribution in [1.82, 2.24) is 4.90 Å². The lowest BCUT2D eigenvalue weighted by atomic mass is 10.1. The van der Waals surface area contributed by atoms with Gasteiger partial charge in [0.2, 0.25) is 0 Å². The SMILES string of the molecule is Cc1ccc(O)c(C=NCCN(CCN)CCN=Cc2cc(C)ccc2O)c1. The molecule has 28 heavy (non-hydrogen) atoms. The first-order valence-corrected chi connectivity index (χ1v) is 9.51. The van der Waals surface area contributed by atoms with Gasteiger partial charge < -0.3 is 15.9 Å². The molecule has 6 nitrogen and oxygen atoms in total. The summed E-state index contributed by atoms with van der Waals surface area (Å²) in [4.78, 5) is 11.1. The molecule has 2 rings (SSSR count). The van der Waals surface area contributed by atoms with E-state index in [1.54, 1.807) is 24.6 Å². The standard InChI is InChI=1S/C22H30N4O2/c1-17-3-5-21(27)19(13-17)15-24-8-11-26(10-7-23)12-9-25-16-20-14-18(2)4-6-22(20)28/h3-6,13-16,27-28H,7-12,23H2,1-2H3. The minimum Gasteiger partial charge on any atom is -0.507 e. The Hall–Kier alpha value is -2.70. The fourth-order valence-electron chi connectivity index (χ4n) is 2.80. The average Bonchev–Trinajstić information content (AvgIpc) is 2.67. The lowest BCUT2D eigenvalue weighted by molar-refractivity contribution is 0.298. The molecule has 0 spiro atoms. The normalized spacial score (nSPS) is 11.9.